The first-order valence-electron chi connectivity index (χ1n) is 5.63. The Kier molecular flexibility index (Phi) is 4.65. The summed E-state index contributed by atoms with van der Waals surface area (Å²) in [5.74, 6) is -1.24. The third kappa shape index (κ3) is 3.58. The normalized spacial score (nSPS) is 22.5. The Morgan fingerprint density at radius 1 is 1.58 bits per heavy atom. The smallest absolute Gasteiger partial charge is 0.332 e. The Balaban J connectivity index is 1.93. The van der Waals surface area contributed by atoms with Gasteiger partial charge < -0.3 is 14.6 Å². The lowest BCUT2D eigenvalue weighted by molar-refractivity contribution is -0.149. The van der Waals surface area contributed by atoms with Gasteiger partial charge in [0.1, 0.15) is 18.2 Å². The van der Waals surface area contributed by atoms with E-state index in [0.29, 0.717) is 23.1 Å². The fourth-order valence-corrected chi connectivity index (χ4v) is 2.56. The topological polar surface area (TPSA) is 55.8 Å². The number of carboxylic acid groups (broad SMARTS) is 1. The Morgan fingerprint density at radius 3 is 2.95 bits per heavy atom. The second-order valence-electron chi connectivity index (χ2n) is 4.17. The zero-order valence-electron chi connectivity index (χ0n) is 9.74. The number of carbonyl (C=O) groups is 1. The molecule has 1 aromatic carbocycles. The van der Waals surface area contributed by atoms with Gasteiger partial charge in [0.25, 0.3) is 0 Å². The second-order valence-corrected chi connectivity index (χ2v) is 5.43. The number of benzene rings is 1. The molecule has 0 amide bonds. The summed E-state index contributed by atoms with van der Waals surface area (Å²) in [6, 6.07) is 2.58. The molecule has 0 aliphatic carbocycles. The second kappa shape index (κ2) is 6.07. The summed E-state index contributed by atoms with van der Waals surface area (Å²) >= 11 is 8.83. The molecule has 2 atom stereocenters. The van der Waals surface area contributed by atoms with E-state index in [4.69, 9.17) is 26.2 Å². The zero-order chi connectivity index (χ0) is 14.0. The Morgan fingerprint density at radius 2 is 2.32 bits per heavy atom. The molecule has 0 aromatic heterocycles. The lowest BCUT2D eigenvalue weighted by Crippen LogP contribution is -2.23. The van der Waals surface area contributed by atoms with E-state index >= 15 is 0 Å². The predicted octanol–water partition coefficient (Wildman–Crippen LogP) is 3.25. The molecule has 1 aliphatic heterocycles. The third-order valence-electron chi connectivity index (χ3n) is 2.78. The maximum Gasteiger partial charge on any atom is 0.332 e. The van der Waals surface area contributed by atoms with E-state index in [2.05, 4.69) is 15.9 Å². The van der Waals surface area contributed by atoms with Crippen LogP contribution in [0, 0.1) is 5.82 Å². The largest absolute Gasteiger partial charge is 0.490 e. The summed E-state index contributed by atoms with van der Waals surface area (Å²) in [4.78, 5) is 10.7. The van der Waals surface area contributed by atoms with Gasteiger partial charge in [-0.05, 0) is 34.8 Å². The summed E-state index contributed by atoms with van der Waals surface area (Å²) in [6.45, 7) is 0.170. The maximum absolute atomic E-state index is 13.3. The highest BCUT2D eigenvalue weighted by Crippen LogP contribution is 2.31. The molecule has 4 nitrogen and oxygen atoms in total. The monoisotopic (exact) mass is 352 g/mol. The minimum absolute atomic E-state index is 0.00211. The van der Waals surface area contributed by atoms with Crippen LogP contribution in [-0.2, 0) is 9.53 Å². The van der Waals surface area contributed by atoms with Crippen LogP contribution in [-0.4, -0.2) is 29.9 Å². The Hall–Kier alpha value is -0.850. The van der Waals surface area contributed by atoms with Gasteiger partial charge >= 0.3 is 5.97 Å². The van der Waals surface area contributed by atoms with Crippen LogP contribution in [0.25, 0.3) is 0 Å². The van der Waals surface area contributed by atoms with Crippen LogP contribution < -0.4 is 4.74 Å². The first-order chi connectivity index (χ1) is 8.97. The molecule has 1 heterocycles. The van der Waals surface area contributed by atoms with Gasteiger partial charge in [0.15, 0.2) is 6.10 Å². The summed E-state index contributed by atoms with van der Waals surface area (Å²) in [5.41, 5.74) is 0. The van der Waals surface area contributed by atoms with E-state index in [1.807, 2.05) is 0 Å². The maximum atomic E-state index is 13.3. The molecule has 0 bridgehead atoms. The van der Waals surface area contributed by atoms with Crippen molar-refractivity contribution < 1.29 is 23.8 Å². The van der Waals surface area contributed by atoms with Crippen molar-refractivity contribution in [3.8, 4) is 5.75 Å². The van der Waals surface area contributed by atoms with Gasteiger partial charge in [-0.25, -0.2) is 9.18 Å². The lowest BCUT2D eigenvalue weighted by Gasteiger charge is -2.14. The number of rotatable bonds is 4. The van der Waals surface area contributed by atoms with E-state index in [1.54, 1.807) is 0 Å². The molecular formula is C12H11BrClFO4. The van der Waals surface area contributed by atoms with E-state index in [-0.39, 0.29) is 17.7 Å². The molecule has 7 heteroatoms. The van der Waals surface area contributed by atoms with E-state index in [1.165, 1.54) is 12.1 Å². The summed E-state index contributed by atoms with van der Waals surface area (Å²) in [6.07, 6.45) is -0.0183. The molecule has 0 radical (unpaired) electrons. The minimum atomic E-state index is -0.971. The molecule has 1 fully saturated rings. The molecule has 0 spiro atoms. The van der Waals surface area contributed by atoms with Gasteiger partial charge in [-0.15, -0.1) is 0 Å². The van der Waals surface area contributed by atoms with Crippen LogP contribution in [0.5, 0.6) is 5.75 Å². The number of ether oxygens (including phenoxy) is 2. The van der Waals surface area contributed by atoms with Crippen LogP contribution in [0.4, 0.5) is 4.39 Å². The van der Waals surface area contributed by atoms with Crippen LogP contribution in [0.3, 0.4) is 0 Å². The first-order valence-corrected chi connectivity index (χ1v) is 6.80. The lowest BCUT2D eigenvalue weighted by atomic mass is 10.2. The SMILES string of the molecule is O=C(O)C1CCC(COc2cc(F)c(Cl)cc2Br)O1. The van der Waals surface area contributed by atoms with Crippen molar-refractivity contribution in [3.05, 3.63) is 27.4 Å². The third-order valence-corrected chi connectivity index (χ3v) is 3.69. The van der Waals surface area contributed by atoms with Crippen molar-refractivity contribution in [2.45, 2.75) is 25.0 Å². The van der Waals surface area contributed by atoms with Gasteiger partial charge in [0, 0.05) is 6.07 Å². The molecule has 104 valence electrons. The number of carboxylic acids is 1. The predicted molar refractivity (Wildman–Crippen MR) is 70.1 cm³/mol. The average molecular weight is 354 g/mol. The Bertz CT molecular complexity index is 497. The zero-order valence-corrected chi connectivity index (χ0v) is 12.1. The standard InChI is InChI=1S/C12H11BrClFO4/c13-7-3-8(14)9(15)4-11(7)18-5-6-1-2-10(19-6)12(16)17/h3-4,6,10H,1-2,5H2,(H,16,17). The van der Waals surface area contributed by atoms with Gasteiger partial charge in [0.2, 0.25) is 0 Å². The van der Waals surface area contributed by atoms with Crippen molar-refractivity contribution in [1.29, 1.82) is 0 Å². The van der Waals surface area contributed by atoms with Gasteiger partial charge in [-0.3, -0.25) is 0 Å². The van der Waals surface area contributed by atoms with Crippen LogP contribution in [0.1, 0.15) is 12.8 Å². The highest BCUT2D eigenvalue weighted by molar-refractivity contribution is 9.10. The molecular weight excluding hydrogens is 342 g/mol. The molecule has 19 heavy (non-hydrogen) atoms. The van der Waals surface area contributed by atoms with Crippen molar-refractivity contribution >= 4 is 33.5 Å². The van der Waals surface area contributed by atoms with Gasteiger partial charge in [-0.1, -0.05) is 11.6 Å². The van der Waals surface area contributed by atoms with Crippen LogP contribution >= 0.6 is 27.5 Å². The van der Waals surface area contributed by atoms with Crippen LogP contribution in [0.15, 0.2) is 16.6 Å². The van der Waals surface area contributed by atoms with E-state index in [9.17, 15) is 9.18 Å². The summed E-state index contributed by atoms with van der Waals surface area (Å²) < 4.78 is 24.5. The van der Waals surface area contributed by atoms with Crippen LogP contribution in [0.2, 0.25) is 5.02 Å². The highest BCUT2D eigenvalue weighted by atomic mass is 79.9. The fraction of sp³-hybridized carbons (Fsp3) is 0.417. The van der Waals surface area contributed by atoms with Crippen molar-refractivity contribution in [1.82, 2.24) is 0 Å². The molecule has 2 unspecified atom stereocenters. The van der Waals surface area contributed by atoms with Gasteiger partial charge in [-0.2, -0.15) is 0 Å². The number of halogens is 3. The van der Waals surface area contributed by atoms with E-state index in [0.717, 1.165) is 0 Å². The number of aliphatic carboxylic acids is 1. The highest BCUT2D eigenvalue weighted by Gasteiger charge is 2.30. The quantitative estimate of drug-likeness (QED) is 0.844. The molecule has 1 saturated heterocycles. The van der Waals surface area contributed by atoms with Gasteiger partial charge in [0.05, 0.1) is 15.6 Å². The summed E-state index contributed by atoms with van der Waals surface area (Å²) in [7, 11) is 0. The fourth-order valence-electron chi connectivity index (χ4n) is 1.81. The van der Waals surface area contributed by atoms with E-state index < -0.39 is 17.9 Å². The van der Waals surface area contributed by atoms with Crippen molar-refractivity contribution in [2.75, 3.05) is 6.61 Å². The average Bonchev–Trinajstić information content (AvgIpc) is 2.81. The molecule has 2 rings (SSSR count). The molecule has 1 aromatic rings. The Labute approximate surface area is 122 Å². The molecule has 0 saturated carbocycles. The van der Waals surface area contributed by atoms with Crippen molar-refractivity contribution in [2.24, 2.45) is 0 Å². The van der Waals surface area contributed by atoms with Crippen molar-refractivity contribution in [3.63, 3.8) is 0 Å². The number of hydrogen-bond donors (Lipinski definition) is 1. The summed E-state index contributed by atoms with van der Waals surface area (Å²) in [5, 5.41) is 8.79. The number of hydrogen-bond acceptors (Lipinski definition) is 3. The minimum Gasteiger partial charge on any atom is -0.490 e. The molecule has 1 N–H and O–H groups in total. The molecule has 1 aliphatic rings. The first kappa shape index (κ1) is 14.6.